The maximum absolute atomic E-state index is 12.6. The summed E-state index contributed by atoms with van der Waals surface area (Å²) in [5, 5.41) is 3.76. The summed E-state index contributed by atoms with van der Waals surface area (Å²) >= 11 is 0. The van der Waals surface area contributed by atoms with E-state index >= 15 is 0 Å². The van der Waals surface area contributed by atoms with Gasteiger partial charge in [-0.15, -0.1) is 0 Å². The third-order valence-electron chi connectivity index (χ3n) is 3.43. The van der Waals surface area contributed by atoms with Crippen molar-refractivity contribution in [3.63, 3.8) is 0 Å². The van der Waals surface area contributed by atoms with Crippen LogP contribution in [-0.2, 0) is 24.0 Å². The van der Waals surface area contributed by atoms with Crippen LogP contribution in [0.2, 0.25) is 0 Å². The minimum Gasteiger partial charge on any atom is -0.484 e. The molecule has 0 N–H and O–H groups in total. The molecule has 9 heteroatoms. The molecule has 0 saturated heterocycles. The van der Waals surface area contributed by atoms with Crippen LogP contribution in [0, 0.1) is 0 Å². The summed E-state index contributed by atoms with van der Waals surface area (Å²) in [4.78, 5) is 17.1. The molecular weight excluding hydrogens is 339 g/mol. The molecule has 2 aromatic rings. The molecule has 0 atom stereocenters. The lowest BCUT2D eigenvalue weighted by Gasteiger charge is -2.14. The summed E-state index contributed by atoms with van der Waals surface area (Å²) in [6, 6.07) is 4.55. The fourth-order valence-corrected chi connectivity index (χ4v) is 2.02. The molecule has 0 spiro atoms. The minimum atomic E-state index is -4.43. The summed E-state index contributed by atoms with van der Waals surface area (Å²) in [6.45, 7) is 2.08. The molecule has 6 nitrogen and oxygen atoms in total. The number of alkyl halides is 3. The van der Waals surface area contributed by atoms with Crippen molar-refractivity contribution in [2.45, 2.75) is 32.5 Å². The highest BCUT2D eigenvalue weighted by molar-refractivity contribution is 5.75. The number of hydrogen-bond acceptors (Lipinski definition) is 5. The number of ether oxygens (including phenoxy) is 1. The third-order valence-corrected chi connectivity index (χ3v) is 3.43. The first-order valence-electron chi connectivity index (χ1n) is 7.65. The van der Waals surface area contributed by atoms with Crippen molar-refractivity contribution in [3.8, 4) is 5.75 Å². The van der Waals surface area contributed by atoms with Gasteiger partial charge in [0, 0.05) is 26.4 Å². The molecule has 0 radical (unpaired) electrons. The lowest BCUT2D eigenvalue weighted by atomic mass is 10.2. The second-order valence-electron chi connectivity index (χ2n) is 5.34. The quantitative estimate of drug-likeness (QED) is 0.762. The van der Waals surface area contributed by atoms with E-state index in [1.807, 2.05) is 0 Å². The molecular formula is C16H18F3N3O3. The van der Waals surface area contributed by atoms with Gasteiger partial charge in [-0.1, -0.05) is 18.1 Å². The van der Waals surface area contributed by atoms with Crippen molar-refractivity contribution in [3.05, 3.63) is 41.5 Å². The maximum atomic E-state index is 12.6. The second-order valence-corrected chi connectivity index (χ2v) is 5.34. The predicted molar refractivity (Wildman–Crippen MR) is 81.7 cm³/mol. The number of benzene rings is 1. The van der Waals surface area contributed by atoms with E-state index in [1.54, 1.807) is 18.9 Å². The van der Waals surface area contributed by atoms with Crippen molar-refractivity contribution in [2.75, 3.05) is 13.6 Å². The molecule has 0 aliphatic rings. The van der Waals surface area contributed by atoms with E-state index in [1.165, 1.54) is 12.1 Å². The van der Waals surface area contributed by atoms with E-state index in [0.717, 1.165) is 12.1 Å². The van der Waals surface area contributed by atoms with Crippen molar-refractivity contribution >= 4 is 5.91 Å². The molecule has 1 aromatic carbocycles. The average Bonchev–Trinajstić information content (AvgIpc) is 3.04. The van der Waals surface area contributed by atoms with Crippen LogP contribution in [-0.4, -0.2) is 34.5 Å². The van der Waals surface area contributed by atoms with E-state index in [-0.39, 0.29) is 24.2 Å². The number of halogens is 3. The number of rotatable bonds is 7. The number of carbonyl (C=O) groups excluding carboxylic acids is 1. The molecule has 2 rings (SSSR count). The summed E-state index contributed by atoms with van der Waals surface area (Å²) < 4.78 is 48.2. The fraction of sp³-hybridized carbons (Fsp3) is 0.438. The zero-order valence-electron chi connectivity index (χ0n) is 13.8. The molecule has 0 fully saturated rings. The summed E-state index contributed by atoms with van der Waals surface area (Å²) in [5.74, 6) is 0.620. The zero-order chi connectivity index (χ0) is 18.4. The summed E-state index contributed by atoms with van der Waals surface area (Å²) in [6.07, 6.45) is -3.60. The van der Waals surface area contributed by atoms with Gasteiger partial charge in [0.15, 0.2) is 12.4 Å². The number of hydrogen-bond donors (Lipinski definition) is 0. The summed E-state index contributed by atoms with van der Waals surface area (Å²) in [7, 11) is 1.68. The highest BCUT2D eigenvalue weighted by atomic mass is 19.4. The Labute approximate surface area is 142 Å². The largest absolute Gasteiger partial charge is 0.484 e. The SMILES string of the molecule is CCC(=O)N(C)CCc1noc(COc2cccc(C(F)(F)F)c2)n1. The van der Waals surface area contributed by atoms with E-state index in [0.29, 0.717) is 25.2 Å². The monoisotopic (exact) mass is 357 g/mol. The number of carbonyl (C=O) groups is 1. The van der Waals surface area contributed by atoms with Gasteiger partial charge in [0.2, 0.25) is 5.91 Å². The van der Waals surface area contributed by atoms with Gasteiger partial charge in [-0.3, -0.25) is 4.79 Å². The van der Waals surface area contributed by atoms with E-state index in [2.05, 4.69) is 10.1 Å². The van der Waals surface area contributed by atoms with Crippen molar-refractivity contribution in [2.24, 2.45) is 0 Å². The van der Waals surface area contributed by atoms with Crippen LogP contribution in [0.15, 0.2) is 28.8 Å². The Kier molecular flexibility index (Phi) is 6.00. The Bertz CT molecular complexity index is 716. The molecule has 0 aliphatic heterocycles. The topological polar surface area (TPSA) is 68.5 Å². The molecule has 0 saturated carbocycles. The minimum absolute atomic E-state index is 0.0107. The maximum Gasteiger partial charge on any atom is 0.416 e. The Morgan fingerprint density at radius 3 is 2.80 bits per heavy atom. The highest BCUT2D eigenvalue weighted by Crippen LogP contribution is 2.31. The van der Waals surface area contributed by atoms with Gasteiger partial charge in [0.05, 0.1) is 5.56 Å². The van der Waals surface area contributed by atoms with Crippen LogP contribution in [0.1, 0.15) is 30.6 Å². The van der Waals surface area contributed by atoms with E-state index in [9.17, 15) is 18.0 Å². The second kappa shape index (κ2) is 8.00. The van der Waals surface area contributed by atoms with Crippen molar-refractivity contribution < 1.29 is 27.2 Å². The Morgan fingerprint density at radius 1 is 1.36 bits per heavy atom. The Hall–Kier alpha value is -2.58. The molecule has 1 heterocycles. The molecule has 0 unspecified atom stereocenters. The molecule has 0 aliphatic carbocycles. The van der Waals surface area contributed by atoms with Gasteiger partial charge in [-0.2, -0.15) is 18.2 Å². The fourth-order valence-electron chi connectivity index (χ4n) is 2.02. The van der Waals surface area contributed by atoms with Crippen molar-refractivity contribution in [1.29, 1.82) is 0 Å². The average molecular weight is 357 g/mol. The van der Waals surface area contributed by atoms with Crippen LogP contribution >= 0.6 is 0 Å². The molecule has 136 valence electrons. The van der Waals surface area contributed by atoms with Crippen LogP contribution in [0.5, 0.6) is 5.75 Å². The van der Waals surface area contributed by atoms with Gasteiger partial charge in [0.25, 0.3) is 5.89 Å². The Balaban J connectivity index is 1.88. The van der Waals surface area contributed by atoms with Crippen LogP contribution in [0.3, 0.4) is 0 Å². The number of likely N-dealkylation sites (N-methyl/N-ethyl adjacent to an activating group) is 1. The first-order valence-corrected chi connectivity index (χ1v) is 7.65. The van der Waals surface area contributed by atoms with Crippen LogP contribution < -0.4 is 4.74 Å². The van der Waals surface area contributed by atoms with Crippen LogP contribution in [0.4, 0.5) is 13.2 Å². The van der Waals surface area contributed by atoms with Gasteiger partial charge < -0.3 is 14.2 Å². The van der Waals surface area contributed by atoms with E-state index in [4.69, 9.17) is 9.26 Å². The number of amides is 1. The van der Waals surface area contributed by atoms with Crippen LogP contribution in [0.25, 0.3) is 0 Å². The van der Waals surface area contributed by atoms with E-state index < -0.39 is 11.7 Å². The smallest absolute Gasteiger partial charge is 0.416 e. The third kappa shape index (κ3) is 5.47. The standard InChI is InChI=1S/C16H18F3N3O3/c1-3-15(23)22(2)8-7-13-20-14(25-21-13)10-24-12-6-4-5-11(9-12)16(17,18)19/h4-6,9H,3,7-8,10H2,1-2H3. The molecule has 25 heavy (non-hydrogen) atoms. The van der Waals surface area contributed by atoms with Gasteiger partial charge in [-0.05, 0) is 18.2 Å². The van der Waals surface area contributed by atoms with Gasteiger partial charge in [-0.25, -0.2) is 0 Å². The lowest BCUT2D eigenvalue weighted by molar-refractivity contribution is -0.137. The lowest BCUT2D eigenvalue weighted by Crippen LogP contribution is -2.28. The molecule has 1 aromatic heterocycles. The van der Waals surface area contributed by atoms with Gasteiger partial charge >= 0.3 is 6.18 Å². The predicted octanol–water partition coefficient (Wildman–Crippen LogP) is 3.08. The molecule has 1 amide bonds. The zero-order valence-corrected chi connectivity index (χ0v) is 13.8. The number of nitrogens with zero attached hydrogens (tertiary/aromatic N) is 3. The van der Waals surface area contributed by atoms with Crippen molar-refractivity contribution in [1.82, 2.24) is 15.0 Å². The Morgan fingerprint density at radius 2 is 2.12 bits per heavy atom. The summed E-state index contributed by atoms with van der Waals surface area (Å²) in [5.41, 5.74) is -0.792. The first kappa shape index (κ1) is 18.8. The van der Waals surface area contributed by atoms with Gasteiger partial charge in [0.1, 0.15) is 5.75 Å². The highest BCUT2D eigenvalue weighted by Gasteiger charge is 2.30. The normalized spacial score (nSPS) is 11.4. The molecule has 0 bridgehead atoms. The number of aromatic nitrogens is 2. The first-order chi connectivity index (χ1) is 11.8.